The number of ether oxygens (including phenoxy) is 2. The van der Waals surface area contributed by atoms with E-state index in [1.807, 2.05) is 43.3 Å². The van der Waals surface area contributed by atoms with Crippen LogP contribution in [0.5, 0.6) is 0 Å². The Kier molecular flexibility index (Phi) is 17.3. The molecule has 268 valence electrons. The quantitative estimate of drug-likeness (QED) is 0.0713. The standard InChI is InChI=1S/C38H59N2O7P/c1-5-7-8-9-10-11-12-13-14-15-16-17-18-21-27-46-35(6-2)36-31(4)37(41)40(34-26-22-24-32-23-19-20-25-33(32)34)38(42)39(36)28-30(3)47-29-48(43,44)45/h19-20,22-26,30,35H,5-18,21,27-29H2,1-4H3,(H2,43,44,45). The minimum Gasteiger partial charge on any atom is -0.372 e. The predicted molar refractivity (Wildman–Crippen MR) is 195 cm³/mol. The maximum Gasteiger partial charge on any atom is 0.350 e. The van der Waals surface area contributed by atoms with Gasteiger partial charge in [0.15, 0.2) is 0 Å². The zero-order valence-corrected chi connectivity index (χ0v) is 30.6. The molecule has 1 heterocycles. The van der Waals surface area contributed by atoms with E-state index in [1.165, 1.54) is 79.8 Å². The van der Waals surface area contributed by atoms with E-state index >= 15 is 0 Å². The van der Waals surface area contributed by atoms with Gasteiger partial charge < -0.3 is 19.3 Å². The van der Waals surface area contributed by atoms with Crippen molar-refractivity contribution in [2.45, 2.75) is 143 Å². The highest BCUT2D eigenvalue weighted by Gasteiger charge is 2.26. The van der Waals surface area contributed by atoms with Crippen LogP contribution >= 0.6 is 7.60 Å². The highest BCUT2D eigenvalue weighted by atomic mass is 31.2. The first-order chi connectivity index (χ1) is 23.1. The molecule has 9 nitrogen and oxygen atoms in total. The maximum absolute atomic E-state index is 14.2. The summed E-state index contributed by atoms with van der Waals surface area (Å²) < 4.78 is 26.0. The number of unbranched alkanes of at least 4 members (excludes halogenated alkanes) is 13. The Morgan fingerprint density at radius 3 is 1.92 bits per heavy atom. The van der Waals surface area contributed by atoms with E-state index in [0.29, 0.717) is 30.0 Å². The molecular formula is C38H59N2O7P. The predicted octanol–water partition coefficient (Wildman–Crippen LogP) is 8.95. The summed E-state index contributed by atoms with van der Waals surface area (Å²) >= 11 is 0. The number of fused-ring (bicyclic) bond motifs is 1. The van der Waals surface area contributed by atoms with Crippen molar-refractivity contribution in [2.75, 3.05) is 13.0 Å². The molecule has 0 saturated carbocycles. The van der Waals surface area contributed by atoms with Gasteiger partial charge in [0.25, 0.3) is 5.56 Å². The second-order valence-corrected chi connectivity index (χ2v) is 14.8. The fourth-order valence-electron chi connectivity index (χ4n) is 6.44. The molecule has 1 aromatic heterocycles. The Bertz CT molecular complexity index is 1560. The third-order valence-electron chi connectivity index (χ3n) is 9.09. The molecule has 10 heteroatoms. The van der Waals surface area contributed by atoms with Crippen LogP contribution in [0.15, 0.2) is 52.1 Å². The molecule has 3 aromatic rings. The summed E-state index contributed by atoms with van der Waals surface area (Å²) in [6.45, 7) is 8.11. The van der Waals surface area contributed by atoms with Crippen LogP contribution in [0.1, 0.15) is 134 Å². The lowest BCUT2D eigenvalue weighted by Crippen LogP contribution is -2.44. The Morgan fingerprint density at radius 2 is 1.33 bits per heavy atom. The molecule has 3 rings (SSSR count). The van der Waals surface area contributed by atoms with Crippen molar-refractivity contribution in [2.24, 2.45) is 0 Å². The molecule has 2 unspecified atom stereocenters. The number of benzene rings is 2. The van der Waals surface area contributed by atoms with Crippen LogP contribution in [0.4, 0.5) is 0 Å². The molecule has 2 aromatic carbocycles. The van der Waals surface area contributed by atoms with Crippen molar-refractivity contribution < 1.29 is 23.8 Å². The summed E-state index contributed by atoms with van der Waals surface area (Å²) in [7, 11) is -4.40. The molecular weight excluding hydrogens is 627 g/mol. The van der Waals surface area contributed by atoms with E-state index in [2.05, 4.69) is 6.92 Å². The molecule has 0 amide bonds. The molecule has 0 fully saturated rings. The van der Waals surface area contributed by atoms with Crippen LogP contribution in [0, 0.1) is 6.92 Å². The first-order valence-electron chi connectivity index (χ1n) is 18.2. The van der Waals surface area contributed by atoms with Gasteiger partial charge in [-0.1, -0.05) is 134 Å². The van der Waals surface area contributed by atoms with Crippen LogP contribution in [0.2, 0.25) is 0 Å². The Balaban J connectivity index is 1.69. The second-order valence-electron chi connectivity index (χ2n) is 13.2. The van der Waals surface area contributed by atoms with Gasteiger partial charge in [0.2, 0.25) is 0 Å². The average molecular weight is 687 g/mol. The molecule has 2 atom stereocenters. The summed E-state index contributed by atoms with van der Waals surface area (Å²) in [5.41, 5.74) is 0.414. The Morgan fingerprint density at radius 1 is 0.771 bits per heavy atom. The number of hydrogen-bond donors (Lipinski definition) is 2. The smallest absolute Gasteiger partial charge is 0.350 e. The van der Waals surface area contributed by atoms with Crippen LogP contribution < -0.4 is 11.2 Å². The van der Waals surface area contributed by atoms with Gasteiger partial charge >= 0.3 is 13.3 Å². The number of nitrogens with zero attached hydrogens (tertiary/aromatic N) is 2. The first kappa shape index (κ1) is 39.9. The summed E-state index contributed by atoms with van der Waals surface area (Å²) in [6.07, 6.45) is 16.4. The minimum atomic E-state index is -4.40. The number of rotatable bonds is 24. The van der Waals surface area contributed by atoms with E-state index in [1.54, 1.807) is 19.9 Å². The zero-order valence-electron chi connectivity index (χ0n) is 29.7. The molecule has 0 aliphatic carbocycles. The lowest BCUT2D eigenvalue weighted by Gasteiger charge is -2.26. The van der Waals surface area contributed by atoms with Gasteiger partial charge in [-0.3, -0.25) is 13.9 Å². The van der Waals surface area contributed by atoms with Crippen LogP contribution in [-0.2, 0) is 20.6 Å². The molecule has 0 aliphatic rings. The lowest BCUT2D eigenvalue weighted by atomic mass is 10.0. The molecule has 0 spiro atoms. The fraction of sp³-hybridized carbons (Fsp3) is 0.632. The molecule has 0 radical (unpaired) electrons. The normalized spacial score (nSPS) is 13.3. The average Bonchev–Trinajstić information content (AvgIpc) is 3.06. The van der Waals surface area contributed by atoms with Crippen molar-refractivity contribution >= 4 is 18.4 Å². The van der Waals surface area contributed by atoms with Gasteiger partial charge in [-0.25, -0.2) is 9.36 Å². The SMILES string of the molecule is CCCCCCCCCCCCCCCCOC(CC)c1c(C)c(=O)n(-c2cccc3ccccc23)c(=O)n1CC(C)OCP(=O)(O)O. The first-order valence-corrected chi connectivity index (χ1v) is 20.0. The monoisotopic (exact) mass is 686 g/mol. The third kappa shape index (κ3) is 12.4. The summed E-state index contributed by atoms with van der Waals surface area (Å²) in [5, 5.41) is 1.67. The van der Waals surface area contributed by atoms with E-state index in [4.69, 9.17) is 9.47 Å². The Hall–Kier alpha value is -2.55. The topological polar surface area (TPSA) is 120 Å². The zero-order chi connectivity index (χ0) is 34.9. The Labute approximate surface area is 286 Å². The van der Waals surface area contributed by atoms with Gasteiger partial charge in [0, 0.05) is 17.6 Å². The fourth-order valence-corrected chi connectivity index (χ4v) is 6.89. The summed E-state index contributed by atoms with van der Waals surface area (Å²) in [5.74, 6) is 0. The highest BCUT2D eigenvalue weighted by molar-refractivity contribution is 7.51. The van der Waals surface area contributed by atoms with Crippen molar-refractivity contribution in [3.63, 3.8) is 0 Å². The summed E-state index contributed by atoms with van der Waals surface area (Å²) in [6, 6.07) is 13.1. The largest absolute Gasteiger partial charge is 0.372 e. The van der Waals surface area contributed by atoms with Crippen molar-refractivity contribution in [3.05, 3.63) is 74.6 Å². The summed E-state index contributed by atoms with van der Waals surface area (Å²) in [4.78, 5) is 46.9. The van der Waals surface area contributed by atoms with Gasteiger partial charge in [-0.15, -0.1) is 0 Å². The minimum absolute atomic E-state index is 0.00122. The van der Waals surface area contributed by atoms with Crippen LogP contribution in [0.25, 0.3) is 16.5 Å². The van der Waals surface area contributed by atoms with Gasteiger partial charge in [-0.2, -0.15) is 0 Å². The number of aromatic nitrogens is 2. The van der Waals surface area contributed by atoms with Crippen molar-refractivity contribution in [1.82, 2.24) is 9.13 Å². The molecule has 0 saturated heterocycles. The second kappa shape index (κ2) is 20.8. The van der Waals surface area contributed by atoms with Crippen molar-refractivity contribution in [1.29, 1.82) is 0 Å². The van der Waals surface area contributed by atoms with E-state index in [9.17, 15) is 23.9 Å². The maximum atomic E-state index is 14.2. The van der Waals surface area contributed by atoms with Crippen LogP contribution in [-0.4, -0.2) is 38.0 Å². The van der Waals surface area contributed by atoms with Crippen LogP contribution in [0.3, 0.4) is 0 Å². The third-order valence-corrected chi connectivity index (χ3v) is 9.57. The molecule has 2 N–H and O–H groups in total. The molecule has 48 heavy (non-hydrogen) atoms. The van der Waals surface area contributed by atoms with Gasteiger partial charge in [-0.05, 0) is 38.1 Å². The lowest BCUT2D eigenvalue weighted by molar-refractivity contribution is 0.0346. The molecule has 0 bridgehead atoms. The van der Waals surface area contributed by atoms with E-state index in [-0.39, 0.29) is 6.54 Å². The highest BCUT2D eigenvalue weighted by Crippen LogP contribution is 2.34. The number of hydrogen-bond acceptors (Lipinski definition) is 5. The molecule has 0 aliphatic heterocycles. The van der Waals surface area contributed by atoms with E-state index in [0.717, 1.165) is 30.0 Å². The van der Waals surface area contributed by atoms with Crippen molar-refractivity contribution in [3.8, 4) is 5.69 Å². The van der Waals surface area contributed by atoms with E-state index < -0.39 is 37.4 Å². The van der Waals surface area contributed by atoms with Gasteiger partial charge in [0.05, 0.1) is 30.1 Å². The van der Waals surface area contributed by atoms with Gasteiger partial charge in [0.1, 0.15) is 6.35 Å².